The van der Waals surface area contributed by atoms with Gasteiger partial charge in [0, 0.05) is 18.5 Å². The fourth-order valence-corrected chi connectivity index (χ4v) is 3.77. The van der Waals surface area contributed by atoms with E-state index in [9.17, 15) is 0 Å². The van der Waals surface area contributed by atoms with Crippen molar-refractivity contribution in [2.24, 2.45) is 5.41 Å². The van der Waals surface area contributed by atoms with Gasteiger partial charge in [-0.15, -0.1) is 0 Å². The molecule has 20 heavy (non-hydrogen) atoms. The molecule has 0 bridgehead atoms. The molecule has 2 nitrogen and oxygen atoms in total. The third-order valence-corrected chi connectivity index (χ3v) is 4.90. The second-order valence-electron chi connectivity index (χ2n) is 7.31. The molecular weight excluding hydrogens is 246 g/mol. The molecule has 2 heteroatoms. The number of rotatable bonds is 3. The summed E-state index contributed by atoms with van der Waals surface area (Å²) < 4.78 is 5.59. The maximum atomic E-state index is 5.59. The van der Waals surface area contributed by atoms with Crippen LogP contribution in [0.15, 0.2) is 18.2 Å². The van der Waals surface area contributed by atoms with Gasteiger partial charge in [-0.2, -0.15) is 0 Å². The Morgan fingerprint density at radius 2 is 2.20 bits per heavy atom. The molecule has 3 rings (SSSR count). The Kier molecular flexibility index (Phi) is 3.76. The van der Waals surface area contributed by atoms with Crippen molar-refractivity contribution in [3.05, 3.63) is 29.3 Å². The summed E-state index contributed by atoms with van der Waals surface area (Å²) in [6, 6.07) is 7.78. The van der Waals surface area contributed by atoms with Gasteiger partial charge in [0.25, 0.3) is 0 Å². The second kappa shape index (κ2) is 5.40. The van der Waals surface area contributed by atoms with Crippen molar-refractivity contribution < 1.29 is 4.74 Å². The van der Waals surface area contributed by atoms with Gasteiger partial charge in [-0.1, -0.05) is 32.4 Å². The summed E-state index contributed by atoms with van der Waals surface area (Å²) in [7, 11) is 0. The van der Waals surface area contributed by atoms with E-state index >= 15 is 0 Å². The number of benzene rings is 1. The quantitative estimate of drug-likeness (QED) is 0.889. The summed E-state index contributed by atoms with van der Waals surface area (Å²) >= 11 is 0. The van der Waals surface area contributed by atoms with E-state index in [0.717, 1.165) is 18.8 Å². The van der Waals surface area contributed by atoms with E-state index in [-0.39, 0.29) is 0 Å². The van der Waals surface area contributed by atoms with Gasteiger partial charge in [-0.3, -0.25) is 0 Å². The minimum Gasteiger partial charge on any atom is -0.493 e. The van der Waals surface area contributed by atoms with Crippen molar-refractivity contribution in [1.29, 1.82) is 0 Å². The lowest BCUT2D eigenvalue weighted by Gasteiger charge is -2.37. The molecule has 2 unspecified atom stereocenters. The first kappa shape index (κ1) is 13.9. The zero-order valence-electron chi connectivity index (χ0n) is 13.0. The molecule has 1 aromatic carbocycles. The largest absolute Gasteiger partial charge is 0.493 e. The number of hydrogen-bond acceptors (Lipinski definition) is 2. The highest BCUT2D eigenvalue weighted by Crippen LogP contribution is 2.36. The van der Waals surface area contributed by atoms with Crippen LogP contribution >= 0.6 is 0 Å². The first-order valence-corrected chi connectivity index (χ1v) is 8.05. The summed E-state index contributed by atoms with van der Waals surface area (Å²) in [6.45, 7) is 7.94. The Hall–Kier alpha value is -1.02. The molecule has 110 valence electrons. The lowest BCUT2D eigenvalue weighted by Crippen LogP contribution is -2.38. The summed E-state index contributed by atoms with van der Waals surface area (Å²) in [5, 5.41) is 3.84. The van der Waals surface area contributed by atoms with Gasteiger partial charge in [0.2, 0.25) is 0 Å². The van der Waals surface area contributed by atoms with Gasteiger partial charge in [0.1, 0.15) is 5.75 Å². The summed E-state index contributed by atoms with van der Waals surface area (Å²) in [5.41, 5.74) is 3.28. The van der Waals surface area contributed by atoms with E-state index in [1.165, 1.54) is 36.8 Å². The summed E-state index contributed by atoms with van der Waals surface area (Å²) in [6.07, 6.45) is 6.41. The zero-order valence-corrected chi connectivity index (χ0v) is 13.0. The lowest BCUT2D eigenvalue weighted by atomic mass is 9.75. The third-order valence-electron chi connectivity index (χ3n) is 4.90. The third kappa shape index (κ3) is 3.01. The molecule has 0 aromatic heterocycles. The maximum Gasteiger partial charge on any atom is 0.122 e. The van der Waals surface area contributed by atoms with Crippen molar-refractivity contribution in [1.82, 2.24) is 5.32 Å². The number of nitrogens with one attached hydrogen (secondary N) is 1. The Bertz CT molecular complexity index is 480. The molecule has 2 aliphatic rings. The maximum absolute atomic E-state index is 5.59. The lowest BCUT2D eigenvalue weighted by molar-refractivity contribution is 0.191. The molecule has 0 saturated heterocycles. The molecule has 0 radical (unpaired) electrons. The number of hydrogen-bond donors (Lipinski definition) is 1. The van der Waals surface area contributed by atoms with Crippen molar-refractivity contribution in [2.75, 3.05) is 6.61 Å². The standard InChI is InChI=1S/C18H27NO/c1-13(19-16-5-4-9-18(2,3)12-16)14-6-7-17-15(11-14)8-10-20-17/h6-7,11,13,16,19H,4-5,8-10,12H2,1-3H3. The Morgan fingerprint density at radius 1 is 1.35 bits per heavy atom. The van der Waals surface area contributed by atoms with E-state index in [0.29, 0.717) is 17.5 Å². The highest BCUT2D eigenvalue weighted by Gasteiger charge is 2.28. The van der Waals surface area contributed by atoms with E-state index in [1.54, 1.807) is 0 Å². The molecule has 1 heterocycles. The fraction of sp³-hybridized carbons (Fsp3) is 0.667. The first-order chi connectivity index (χ1) is 9.53. The van der Waals surface area contributed by atoms with Gasteiger partial charge in [0.15, 0.2) is 0 Å². The van der Waals surface area contributed by atoms with Crippen LogP contribution in [0.3, 0.4) is 0 Å². The van der Waals surface area contributed by atoms with Gasteiger partial charge < -0.3 is 10.1 Å². The first-order valence-electron chi connectivity index (χ1n) is 8.05. The zero-order chi connectivity index (χ0) is 14.2. The molecule has 0 spiro atoms. The van der Waals surface area contributed by atoms with E-state index < -0.39 is 0 Å². The van der Waals surface area contributed by atoms with Crippen LogP contribution in [0.1, 0.15) is 63.6 Å². The van der Waals surface area contributed by atoms with Crippen LogP contribution in [-0.2, 0) is 6.42 Å². The molecule has 0 amide bonds. The summed E-state index contributed by atoms with van der Waals surface area (Å²) in [5.74, 6) is 1.08. The number of ether oxygens (including phenoxy) is 1. The predicted molar refractivity (Wildman–Crippen MR) is 83.2 cm³/mol. The van der Waals surface area contributed by atoms with Crippen molar-refractivity contribution in [3.8, 4) is 5.75 Å². The second-order valence-corrected chi connectivity index (χ2v) is 7.31. The Morgan fingerprint density at radius 3 is 3.00 bits per heavy atom. The topological polar surface area (TPSA) is 21.3 Å². The van der Waals surface area contributed by atoms with Crippen LogP contribution in [0.25, 0.3) is 0 Å². The van der Waals surface area contributed by atoms with Crippen LogP contribution in [0.5, 0.6) is 5.75 Å². The van der Waals surface area contributed by atoms with Crippen LogP contribution in [0, 0.1) is 5.41 Å². The highest BCUT2D eigenvalue weighted by molar-refractivity contribution is 5.40. The van der Waals surface area contributed by atoms with Crippen LogP contribution in [0.4, 0.5) is 0 Å². The van der Waals surface area contributed by atoms with Crippen molar-refractivity contribution in [3.63, 3.8) is 0 Å². The molecule has 1 aliphatic heterocycles. The van der Waals surface area contributed by atoms with Crippen LogP contribution in [-0.4, -0.2) is 12.6 Å². The molecule has 1 N–H and O–H groups in total. The molecule has 2 atom stereocenters. The minimum atomic E-state index is 0.430. The molecule has 1 saturated carbocycles. The van der Waals surface area contributed by atoms with E-state index in [4.69, 9.17) is 4.74 Å². The average molecular weight is 273 g/mol. The van der Waals surface area contributed by atoms with E-state index in [1.807, 2.05) is 0 Å². The normalized spacial score (nSPS) is 25.9. The predicted octanol–water partition coefficient (Wildman–Crippen LogP) is 4.24. The minimum absolute atomic E-state index is 0.430. The molecule has 1 aromatic rings. The van der Waals surface area contributed by atoms with Crippen LogP contribution in [0.2, 0.25) is 0 Å². The Balaban J connectivity index is 1.65. The van der Waals surface area contributed by atoms with E-state index in [2.05, 4.69) is 44.3 Å². The molecule has 1 aliphatic carbocycles. The van der Waals surface area contributed by atoms with Gasteiger partial charge in [-0.05, 0) is 48.8 Å². The monoisotopic (exact) mass is 273 g/mol. The summed E-state index contributed by atoms with van der Waals surface area (Å²) in [4.78, 5) is 0. The van der Waals surface area contributed by atoms with Crippen LogP contribution < -0.4 is 10.1 Å². The smallest absolute Gasteiger partial charge is 0.122 e. The number of fused-ring (bicyclic) bond motifs is 1. The molecule has 1 fully saturated rings. The Labute approximate surface area is 122 Å². The van der Waals surface area contributed by atoms with Gasteiger partial charge in [-0.25, -0.2) is 0 Å². The van der Waals surface area contributed by atoms with Crippen molar-refractivity contribution >= 4 is 0 Å². The molecular formula is C18H27NO. The van der Waals surface area contributed by atoms with Gasteiger partial charge >= 0.3 is 0 Å². The fourth-order valence-electron chi connectivity index (χ4n) is 3.77. The SMILES string of the molecule is CC(NC1CCCC(C)(C)C1)c1ccc2c(c1)CCO2. The highest BCUT2D eigenvalue weighted by atomic mass is 16.5. The van der Waals surface area contributed by atoms with Crippen molar-refractivity contribution in [2.45, 2.75) is 65.0 Å². The van der Waals surface area contributed by atoms with Gasteiger partial charge in [0.05, 0.1) is 6.61 Å². The average Bonchev–Trinajstić information content (AvgIpc) is 2.84.